The Balaban J connectivity index is 1.32. The molecule has 16 heteroatoms. The van der Waals surface area contributed by atoms with Crippen molar-refractivity contribution in [2.24, 2.45) is 5.16 Å². The van der Waals surface area contributed by atoms with Crippen LogP contribution in [0.5, 0.6) is 17.2 Å². The minimum absolute atomic E-state index is 0.00616. The number of amides is 1. The molecule has 1 spiro atoms. The lowest BCUT2D eigenvalue weighted by Crippen LogP contribution is -2.45. The number of hydrogen-bond acceptors (Lipinski definition) is 11. The van der Waals surface area contributed by atoms with Gasteiger partial charge in [0.25, 0.3) is 5.91 Å². The molecule has 2 aromatic heterocycles. The molecule has 9 N–H and O–H groups in total. The van der Waals surface area contributed by atoms with Crippen molar-refractivity contribution in [3.8, 4) is 28.5 Å². The Morgan fingerprint density at radius 1 is 1.32 bits per heavy atom. The predicted octanol–water partition coefficient (Wildman–Crippen LogP) is 1.70. The van der Waals surface area contributed by atoms with Crippen LogP contribution in [-0.4, -0.2) is 72.4 Å². The lowest BCUT2D eigenvalue weighted by atomic mass is 9.87. The maximum atomic E-state index is 12.9. The number of nitrogens with one attached hydrogen (secondary N) is 3. The number of oxime groups is 1. The SMILES string of the molecule is COC1=C(Br)C(O)[C@]2(C=C1Br)CC(C(=O)NCCc1[nH]c(N)nc1-c1cc(O)c3[nH]cc(O)c(=O)c3c1O)=NO2. The highest BCUT2D eigenvalue weighted by atomic mass is 79.9. The van der Waals surface area contributed by atoms with Gasteiger partial charge in [-0.1, -0.05) is 5.16 Å². The molecular weight excluding hydrogens is 660 g/mol. The summed E-state index contributed by atoms with van der Waals surface area (Å²) in [7, 11) is 1.45. The number of phenolic OH excluding ortho intramolecular Hbond substituents is 2. The summed E-state index contributed by atoms with van der Waals surface area (Å²) in [6, 6.07) is 1.20. The third-order valence-electron chi connectivity index (χ3n) is 6.55. The summed E-state index contributed by atoms with van der Waals surface area (Å²) in [5.41, 5.74) is 4.16. The number of halogens is 2. The number of aromatic hydroxyl groups is 3. The Labute approximate surface area is 241 Å². The van der Waals surface area contributed by atoms with Gasteiger partial charge in [-0.3, -0.25) is 9.59 Å². The van der Waals surface area contributed by atoms with E-state index in [1.54, 1.807) is 6.08 Å². The predicted molar refractivity (Wildman–Crippen MR) is 150 cm³/mol. The number of aliphatic hydroxyl groups is 1. The number of phenols is 2. The number of aromatic nitrogens is 3. The Bertz CT molecular complexity index is 1710. The Morgan fingerprint density at radius 2 is 2.08 bits per heavy atom. The van der Waals surface area contributed by atoms with E-state index in [0.29, 0.717) is 20.4 Å². The summed E-state index contributed by atoms with van der Waals surface area (Å²) in [5, 5.41) is 48.1. The van der Waals surface area contributed by atoms with E-state index in [4.69, 9.17) is 15.3 Å². The largest absolute Gasteiger partial charge is 0.506 e. The number of benzene rings is 1. The van der Waals surface area contributed by atoms with Gasteiger partial charge in [-0.2, -0.15) is 0 Å². The normalized spacial score (nSPS) is 20.4. The second-order valence-electron chi connectivity index (χ2n) is 9.04. The van der Waals surface area contributed by atoms with E-state index in [-0.39, 0.29) is 59.0 Å². The fourth-order valence-electron chi connectivity index (χ4n) is 4.60. The smallest absolute Gasteiger partial charge is 0.269 e. The number of aromatic amines is 2. The Hall–Kier alpha value is -4.02. The number of allylic oxidation sites excluding steroid dienone is 1. The molecule has 3 aromatic rings. The second-order valence-corrected chi connectivity index (χ2v) is 10.7. The number of pyridine rings is 1. The van der Waals surface area contributed by atoms with Crippen molar-refractivity contribution in [1.29, 1.82) is 0 Å². The van der Waals surface area contributed by atoms with E-state index in [0.717, 1.165) is 6.20 Å². The van der Waals surface area contributed by atoms with Gasteiger partial charge < -0.3 is 51.0 Å². The van der Waals surface area contributed by atoms with E-state index in [1.165, 1.54) is 13.2 Å². The van der Waals surface area contributed by atoms with E-state index in [2.05, 4.69) is 57.3 Å². The summed E-state index contributed by atoms with van der Waals surface area (Å²) in [4.78, 5) is 40.4. The number of methoxy groups -OCH3 is 1. The van der Waals surface area contributed by atoms with Crippen molar-refractivity contribution < 1.29 is 34.8 Å². The molecule has 1 aliphatic carbocycles. The topological polar surface area (TPSA) is 228 Å². The Morgan fingerprint density at radius 3 is 2.80 bits per heavy atom. The highest BCUT2D eigenvalue weighted by molar-refractivity contribution is 9.12. The van der Waals surface area contributed by atoms with Crippen LogP contribution in [0.1, 0.15) is 12.1 Å². The summed E-state index contributed by atoms with van der Waals surface area (Å²) >= 11 is 6.68. The van der Waals surface area contributed by atoms with Crippen LogP contribution in [0.15, 0.2) is 43.0 Å². The van der Waals surface area contributed by atoms with Gasteiger partial charge in [0, 0.05) is 36.8 Å². The average Bonchev–Trinajstić information content (AvgIpc) is 3.50. The van der Waals surface area contributed by atoms with E-state index >= 15 is 0 Å². The van der Waals surface area contributed by atoms with Gasteiger partial charge in [-0.05, 0) is 44.0 Å². The van der Waals surface area contributed by atoms with Crippen molar-refractivity contribution in [3.63, 3.8) is 0 Å². The van der Waals surface area contributed by atoms with Crippen molar-refractivity contribution in [3.05, 3.63) is 49.0 Å². The maximum Gasteiger partial charge on any atom is 0.269 e. The fraction of sp³-hybridized carbons (Fsp3) is 0.250. The fourth-order valence-corrected chi connectivity index (χ4v) is 6.39. The Kier molecular flexibility index (Phi) is 7.01. The van der Waals surface area contributed by atoms with Crippen LogP contribution in [0.25, 0.3) is 22.2 Å². The number of fused-ring (bicyclic) bond motifs is 1. The minimum Gasteiger partial charge on any atom is -0.506 e. The molecule has 1 aliphatic heterocycles. The number of carbonyl (C=O) groups excluding carboxylic acids is 1. The molecule has 5 rings (SSSR count). The number of aliphatic hydroxyl groups excluding tert-OH is 1. The van der Waals surface area contributed by atoms with Crippen molar-refractivity contribution >= 4 is 60.3 Å². The maximum absolute atomic E-state index is 12.9. The molecule has 0 saturated carbocycles. The van der Waals surface area contributed by atoms with Crippen LogP contribution in [-0.2, 0) is 20.8 Å². The lowest BCUT2D eigenvalue weighted by molar-refractivity contribution is -0.114. The van der Waals surface area contributed by atoms with Gasteiger partial charge in [0.15, 0.2) is 17.3 Å². The first-order valence-electron chi connectivity index (χ1n) is 11.6. The van der Waals surface area contributed by atoms with Gasteiger partial charge in [-0.15, -0.1) is 0 Å². The zero-order chi connectivity index (χ0) is 28.9. The quantitative estimate of drug-likeness (QED) is 0.176. The first kappa shape index (κ1) is 27.5. The summed E-state index contributed by atoms with van der Waals surface area (Å²) in [5.74, 6) is -1.68. The molecule has 14 nitrogen and oxygen atoms in total. The number of imidazole rings is 1. The average molecular weight is 682 g/mol. The van der Waals surface area contributed by atoms with Gasteiger partial charge in [0.05, 0.1) is 32.7 Å². The molecule has 0 bridgehead atoms. The van der Waals surface area contributed by atoms with Gasteiger partial charge in [0.2, 0.25) is 5.43 Å². The molecule has 0 radical (unpaired) electrons. The van der Waals surface area contributed by atoms with Gasteiger partial charge in [0.1, 0.15) is 29.1 Å². The number of rotatable bonds is 6. The third-order valence-corrected chi connectivity index (χ3v) is 7.93. The molecule has 2 atom stereocenters. The van der Waals surface area contributed by atoms with Crippen molar-refractivity contribution in [1.82, 2.24) is 20.3 Å². The third kappa shape index (κ3) is 4.47. The van der Waals surface area contributed by atoms with Crippen molar-refractivity contribution in [2.75, 3.05) is 19.4 Å². The van der Waals surface area contributed by atoms with Crippen LogP contribution >= 0.6 is 31.9 Å². The zero-order valence-corrected chi connectivity index (χ0v) is 23.8. The first-order valence-corrected chi connectivity index (χ1v) is 13.2. The zero-order valence-electron chi connectivity index (χ0n) is 20.6. The van der Waals surface area contributed by atoms with Crippen LogP contribution < -0.4 is 16.5 Å². The molecule has 1 unspecified atom stereocenters. The number of hydrogen-bond donors (Lipinski definition) is 8. The van der Waals surface area contributed by atoms with Crippen LogP contribution in [0.2, 0.25) is 0 Å². The lowest BCUT2D eigenvalue weighted by Gasteiger charge is -2.33. The number of nitrogens with zero attached hydrogens (tertiary/aromatic N) is 2. The van der Waals surface area contributed by atoms with E-state index < -0.39 is 34.5 Å². The summed E-state index contributed by atoms with van der Waals surface area (Å²) < 4.78 is 6.12. The highest BCUT2D eigenvalue weighted by Crippen LogP contribution is 2.44. The van der Waals surface area contributed by atoms with Gasteiger partial charge >= 0.3 is 0 Å². The van der Waals surface area contributed by atoms with Crippen LogP contribution in [0, 0.1) is 0 Å². The van der Waals surface area contributed by atoms with Crippen LogP contribution in [0.3, 0.4) is 0 Å². The minimum atomic E-state index is -1.31. The highest BCUT2D eigenvalue weighted by Gasteiger charge is 2.50. The molecule has 210 valence electrons. The van der Waals surface area contributed by atoms with Gasteiger partial charge in [-0.25, -0.2) is 4.98 Å². The molecule has 3 heterocycles. The molecule has 40 heavy (non-hydrogen) atoms. The standard InChI is InChI=1S/C24H22Br2N6O8/c1-39-20-9(25)5-24(21(37)15(20)26)6-11(32-40-24)22(38)28-3-2-10-16(31-23(27)30-10)8-4-12(33)17-14(18(8)35)19(36)13(34)7-29-17/h4-5,7,21,33-35,37H,2-3,6H2,1H3,(H,28,38)(H,29,36)(H3,27,30,31)/t21?,24-/m0/s1. The number of ether oxygens (including phenoxy) is 1. The summed E-state index contributed by atoms with van der Waals surface area (Å²) in [6.07, 6.45) is 1.55. The number of anilines is 1. The molecule has 0 fully saturated rings. The van der Waals surface area contributed by atoms with Crippen molar-refractivity contribution in [2.45, 2.75) is 24.5 Å². The molecular formula is C24H22Br2N6O8. The second kappa shape index (κ2) is 10.2. The molecule has 1 amide bonds. The number of nitrogens with two attached hydrogens (primary N) is 1. The number of nitrogen functional groups attached to an aromatic ring is 1. The van der Waals surface area contributed by atoms with E-state index in [1.807, 2.05) is 0 Å². The van der Waals surface area contributed by atoms with E-state index in [9.17, 15) is 30.0 Å². The molecule has 1 aromatic carbocycles. The number of H-pyrrole nitrogens is 2. The van der Waals surface area contributed by atoms with Crippen LogP contribution in [0.4, 0.5) is 5.95 Å². The monoisotopic (exact) mass is 680 g/mol. The summed E-state index contributed by atoms with van der Waals surface area (Å²) in [6.45, 7) is 0.0701. The first-order chi connectivity index (χ1) is 19.0. The molecule has 0 saturated heterocycles. The molecule has 2 aliphatic rings. The number of carbonyl (C=O) groups is 1.